The summed E-state index contributed by atoms with van der Waals surface area (Å²) < 4.78 is 5.32. The van der Waals surface area contributed by atoms with E-state index in [0.717, 1.165) is 19.6 Å². The number of aliphatic hydroxyl groups is 1. The third-order valence-electron chi connectivity index (χ3n) is 5.06. The molecule has 0 bridgehead atoms. The van der Waals surface area contributed by atoms with Gasteiger partial charge in [0.05, 0.1) is 29.8 Å². The number of nitrogens with zero attached hydrogens (tertiary/aromatic N) is 3. The van der Waals surface area contributed by atoms with E-state index in [1.54, 1.807) is 6.07 Å². The zero-order chi connectivity index (χ0) is 20.3. The molecule has 2 aliphatic heterocycles. The van der Waals surface area contributed by atoms with Crippen LogP contribution in [0.2, 0.25) is 0 Å². The van der Waals surface area contributed by atoms with Crippen LogP contribution in [0.3, 0.4) is 0 Å². The number of morpholine rings is 1. The number of hydrogen-bond donors (Lipinski definition) is 1. The Bertz CT molecular complexity index is 816. The molecule has 1 atom stereocenters. The predicted molar refractivity (Wildman–Crippen MR) is 99.8 cm³/mol. The summed E-state index contributed by atoms with van der Waals surface area (Å²) >= 11 is 0. The summed E-state index contributed by atoms with van der Waals surface area (Å²) in [6.07, 6.45) is 0.648. The second-order valence-electron chi connectivity index (χ2n) is 6.88. The van der Waals surface area contributed by atoms with Crippen LogP contribution in [-0.2, 0) is 14.3 Å². The molecular formula is C19H23N3O6. The molecule has 1 aromatic rings. The number of amides is 1. The van der Waals surface area contributed by atoms with Gasteiger partial charge in [0.15, 0.2) is 11.5 Å². The van der Waals surface area contributed by atoms with Gasteiger partial charge in [-0.1, -0.05) is 12.1 Å². The first-order valence-electron chi connectivity index (χ1n) is 9.19. The Kier molecular flexibility index (Phi) is 6.05. The molecule has 150 valence electrons. The lowest BCUT2D eigenvalue weighted by Crippen LogP contribution is -2.39. The fourth-order valence-corrected chi connectivity index (χ4v) is 3.69. The van der Waals surface area contributed by atoms with Crippen molar-refractivity contribution in [3.8, 4) is 0 Å². The first kappa shape index (κ1) is 20.0. The van der Waals surface area contributed by atoms with Gasteiger partial charge >= 0.3 is 0 Å². The molecule has 9 heteroatoms. The zero-order valence-electron chi connectivity index (χ0n) is 15.7. The van der Waals surface area contributed by atoms with Gasteiger partial charge in [0.25, 0.3) is 11.6 Å². The van der Waals surface area contributed by atoms with Crippen molar-refractivity contribution in [1.82, 2.24) is 9.80 Å². The number of non-ortho nitro benzene ring substituents is 1. The molecule has 1 fully saturated rings. The van der Waals surface area contributed by atoms with Crippen LogP contribution in [0.25, 0.3) is 0 Å². The van der Waals surface area contributed by atoms with Crippen LogP contribution in [0, 0.1) is 10.1 Å². The van der Waals surface area contributed by atoms with Crippen LogP contribution in [0.15, 0.2) is 35.6 Å². The minimum Gasteiger partial charge on any atom is -0.503 e. The van der Waals surface area contributed by atoms with Gasteiger partial charge in [-0.25, -0.2) is 0 Å². The zero-order valence-corrected chi connectivity index (χ0v) is 15.7. The van der Waals surface area contributed by atoms with E-state index in [9.17, 15) is 24.8 Å². The van der Waals surface area contributed by atoms with Crippen LogP contribution < -0.4 is 0 Å². The van der Waals surface area contributed by atoms with Crippen molar-refractivity contribution >= 4 is 17.4 Å². The maximum atomic E-state index is 12.6. The number of aliphatic hydroxyl groups excluding tert-OH is 1. The third kappa shape index (κ3) is 4.05. The number of rotatable bonds is 7. The van der Waals surface area contributed by atoms with Crippen molar-refractivity contribution < 1.29 is 24.4 Å². The van der Waals surface area contributed by atoms with E-state index >= 15 is 0 Å². The molecule has 2 aliphatic rings. The minimum absolute atomic E-state index is 0.0168. The molecule has 0 aromatic heterocycles. The first-order chi connectivity index (χ1) is 13.4. The Morgan fingerprint density at radius 1 is 1.32 bits per heavy atom. The van der Waals surface area contributed by atoms with Crippen LogP contribution in [0.5, 0.6) is 0 Å². The molecule has 28 heavy (non-hydrogen) atoms. The Hall–Kier alpha value is -2.78. The lowest BCUT2D eigenvalue weighted by atomic mass is 9.96. The van der Waals surface area contributed by atoms with E-state index in [4.69, 9.17) is 4.74 Å². The number of carbonyl (C=O) groups is 2. The molecule has 0 radical (unpaired) electrons. The highest BCUT2D eigenvalue weighted by molar-refractivity contribution is 6.08. The van der Waals surface area contributed by atoms with Crippen LogP contribution in [-0.4, -0.2) is 70.9 Å². The Labute approximate surface area is 162 Å². The van der Waals surface area contributed by atoms with Gasteiger partial charge < -0.3 is 14.7 Å². The fourth-order valence-electron chi connectivity index (χ4n) is 3.69. The number of nitro groups is 1. The highest BCUT2D eigenvalue weighted by atomic mass is 16.6. The van der Waals surface area contributed by atoms with E-state index in [0.29, 0.717) is 31.7 Å². The van der Waals surface area contributed by atoms with E-state index in [2.05, 4.69) is 4.90 Å². The minimum atomic E-state index is -0.824. The number of carbonyl (C=O) groups excluding carboxylic acids is 2. The van der Waals surface area contributed by atoms with Gasteiger partial charge in [-0.3, -0.25) is 24.6 Å². The average molecular weight is 389 g/mol. The van der Waals surface area contributed by atoms with Crippen molar-refractivity contribution in [2.24, 2.45) is 0 Å². The number of Topliss-reactive ketones (excluding diaryl/α,β-unsaturated/α-hetero) is 1. The number of ketones is 1. The van der Waals surface area contributed by atoms with Crippen molar-refractivity contribution in [2.45, 2.75) is 19.4 Å². The Morgan fingerprint density at radius 3 is 2.68 bits per heavy atom. The van der Waals surface area contributed by atoms with Gasteiger partial charge in [-0.05, 0) is 18.9 Å². The molecule has 0 spiro atoms. The van der Waals surface area contributed by atoms with Crippen LogP contribution >= 0.6 is 0 Å². The number of ether oxygens (including phenoxy) is 1. The predicted octanol–water partition coefficient (Wildman–Crippen LogP) is 1.60. The highest BCUT2D eigenvalue weighted by Gasteiger charge is 2.42. The van der Waals surface area contributed by atoms with Crippen molar-refractivity contribution in [2.75, 3.05) is 39.4 Å². The Balaban J connectivity index is 1.83. The van der Waals surface area contributed by atoms with E-state index in [1.165, 1.54) is 30.0 Å². The maximum absolute atomic E-state index is 12.6. The molecule has 0 saturated carbocycles. The molecule has 3 rings (SSSR count). The monoisotopic (exact) mass is 389 g/mol. The van der Waals surface area contributed by atoms with Crippen LogP contribution in [0.1, 0.15) is 24.9 Å². The summed E-state index contributed by atoms with van der Waals surface area (Å²) in [5.74, 6) is -1.63. The standard InChI is InChI=1S/C19H23N3O6/c1-13(23)16-17(14-4-2-5-15(12-14)22(26)27)21(19(25)18(16)24)7-3-6-20-8-10-28-11-9-20/h2,4-5,12,17,24H,3,6-11H2,1H3/t17-/m0/s1. The highest BCUT2D eigenvalue weighted by Crippen LogP contribution is 2.38. The van der Waals surface area contributed by atoms with Crippen molar-refractivity contribution in [3.05, 3.63) is 51.3 Å². The number of nitro benzene ring substituents is 1. The van der Waals surface area contributed by atoms with E-state index in [-0.39, 0.29) is 11.3 Å². The third-order valence-corrected chi connectivity index (χ3v) is 5.06. The van der Waals surface area contributed by atoms with Crippen molar-refractivity contribution in [3.63, 3.8) is 0 Å². The number of benzene rings is 1. The second-order valence-corrected chi connectivity index (χ2v) is 6.88. The van der Waals surface area contributed by atoms with Gasteiger partial charge in [0.2, 0.25) is 0 Å². The SMILES string of the molecule is CC(=O)C1=C(O)C(=O)N(CCCN2CCOCC2)[C@H]1c1cccc([N+](=O)[O-])c1. The Morgan fingerprint density at radius 2 is 2.04 bits per heavy atom. The van der Waals surface area contributed by atoms with Gasteiger partial charge in [-0.15, -0.1) is 0 Å². The summed E-state index contributed by atoms with van der Waals surface area (Å²) in [5, 5.41) is 21.4. The first-order valence-corrected chi connectivity index (χ1v) is 9.19. The maximum Gasteiger partial charge on any atom is 0.290 e. The molecule has 2 heterocycles. The average Bonchev–Trinajstić information content (AvgIpc) is 2.94. The molecule has 1 saturated heterocycles. The largest absolute Gasteiger partial charge is 0.503 e. The molecule has 9 nitrogen and oxygen atoms in total. The number of hydrogen-bond acceptors (Lipinski definition) is 7. The summed E-state index contributed by atoms with van der Waals surface area (Å²) in [6.45, 7) is 5.36. The smallest absolute Gasteiger partial charge is 0.290 e. The molecular weight excluding hydrogens is 366 g/mol. The molecule has 1 N–H and O–H groups in total. The second kappa shape index (κ2) is 8.49. The van der Waals surface area contributed by atoms with Crippen LogP contribution in [0.4, 0.5) is 5.69 Å². The molecule has 1 aromatic carbocycles. The quantitative estimate of drug-likeness (QED) is 0.557. The van der Waals surface area contributed by atoms with E-state index in [1.807, 2.05) is 0 Å². The normalized spacial score (nSPS) is 20.7. The van der Waals surface area contributed by atoms with Gasteiger partial charge in [0.1, 0.15) is 0 Å². The lowest BCUT2D eigenvalue weighted by molar-refractivity contribution is -0.384. The summed E-state index contributed by atoms with van der Waals surface area (Å²) in [7, 11) is 0. The van der Waals surface area contributed by atoms with E-state index < -0.39 is 28.4 Å². The topological polar surface area (TPSA) is 113 Å². The lowest BCUT2D eigenvalue weighted by Gasteiger charge is -2.29. The fraction of sp³-hybridized carbons (Fsp3) is 0.474. The summed E-state index contributed by atoms with van der Waals surface area (Å²) in [5.41, 5.74) is 0.285. The molecule has 0 unspecified atom stereocenters. The molecule has 1 amide bonds. The molecule has 0 aliphatic carbocycles. The summed E-state index contributed by atoms with van der Waals surface area (Å²) in [4.78, 5) is 39.0. The van der Waals surface area contributed by atoms with Crippen molar-refractivity contribution in [1.29, 1.82) is 0 Å². The van der Waals surface area contributed by atoms with Gasteiger partial charge in [-0.2, -0.15) is 0 Å². The van der Waals surface area contributed by atoms with Gasteiger partial charge in [0, 0.05) is 38.3 Å². The summed E-state index contributed by atoms with van der Waals surface area (Å²) in [6, 6.07) is 5.00.